The Hall–Kier alpha value is -0.980. The number of rotatable bonds is 3. The number of hydrogen-bond donors (Lipinski definition) is 0. The van der Waals surface area contributed by atoms with Crippen LogP contribution in [0.2, 0.25) is 0 Å². The molecule has 116 valence electrons. The van der Waals surface area contributed by atoms with Crippen molar-refractivity contribution in [1.82, 2.24) is 24.6 Å². The molecule has 4 atom stereocenters. The average molecular weight is 291 g/mol. The lowest BCUT2D eigenvalue weighted by Gasteiger charge is -2.39. The molecule has 3 fully saturated rings. The fraction of sp³-hybridized carbons (Fsp3) is 0.867. The maximum absolute atomic E-state index is 5.56. The van der Waals surface area contributed by atoms with Gasteiger partial charge in [0.15, 0.2) is 0 Å². The van der Waals surface area contributed by atoms with Gasteiger partial charge in [0.1, 0.15) is 12.7 Å². The Balaban J connectivity index is 1.40. The van der Waals surface area contributed by atoms with E-state index in [9.17, 15) is 0 Å². The number of likely N-dealkylation sites (N-methyl/N-ethyl adjacent to an activating group) is 1. The number of hydrogen-bond acceptors (Lipinski definition) is 5. The number of piperidine rings is 1. The Labute approximate surface area is 126 Å². The molecule has 1 aromatic rings. The maximum atomic E-state index is 5.56. The van der Waals surface area contributed by atoms with Crippen LogP contribution in [-0.2, 0) is 11.3 Å². The molecule has 0 radical (unpaired) electrons. The molecule has 3 aliphatic rings. The van der Waals surface area contributed by atoms with Gasteiger partial charge in [-0.2, -0.15) is 5.10 Å². The van der Waals surface area contributed by atoms with Crippen LogP contribution in [0.25, 0.3) is 0 Å². The highest BCUT2D eigenvalue weighted by atomic mass is 16.5. The molecule has 0 spiro atoms. The molecular formula is C15H25N5O. The van der Waals surface area contributed by atoms with Crippen molar-refractivity contribution in [3.63, 3.8) is 0 Å². The molecule has 21 heavy (non-hydrogen) atoms. The molecule has 0 aromatic carbocycles. The quantitative estimate of drug-likeness (QED) is 0.810. The van der Waals surface area contributed by atoms with E-state index >= 15 is 0 Å². The van der Waals surface area contributed by atoms with Crippen molar-refractivity contribution in [2.24, 2.45) is 5.92 Å². The van der Waals surface area contributed by atoms with Crippen molar-refractivity contribution in [3.8, 4) is 0 Å². The van der Waals surface area contributed by atoms with Crippen molar-refractivity contribution in [2.45, 2.75) is 43.9 Å². The first-order valence-corrected chi connectivity index (χ1v) is 8.17. The molecule has 6 nitrogen and oxygen atoms in total. The van der Waals surface area contributed by atoms with Crippen LogP contribution < -0.4 is 0 Å². The molecule has 4 rings (SSSR count). The molecule has 0 saturated carbocycles. The van der Waals surface area contributed by atoms with Crippen molar-refractivity contribution in [2.75, 3.05) is 33.4 Å². The van der Waals surface area contributed by atoms with Gasteiger partial charge in [0.2, 0.25) is 0 Å². The van der Waals surface area contributed by atoms with Crippen molar-refractivity contribution in [1.29, 1.82) is 0 Å². The predicted octanol–water partition coefficient (Wildman–Crippen LogP) is 0.462. The number of likely N-dealkylation sites (tertiary alicyclic amines) is 2. The Kier molecular flexibility index (Phi) is 3.69. The fourth-order valence-electron chi connectivity index (χ4n) is 4.49. The van der Waals surface area contributed by atoms with Crippen LogP contribution in [0.1, 0.15) is 19.3 Å². The largest absolute Gasteiger partial charge is 0.380 e. The molecule has 3 aliphatic heterocycles. The molecule has 1 aromatic heterocycles. The van der Waals surface area contributed by atoms with Crippen molar-refractivity contribution in [3.05, 3.63) is 12.7 Å². The molecule has 3 saturated heterocycles. The Bertz CT molecular complexity index is 459. The Morgan fingerprint density at radius 3 is 3.05 bits per heavy atom. The van der Waals surface area contributed by atoms with E-state index in [1.165, 1.54) is 32.4 Å². The lowest BCUT2D eigenvalue weighted by atomic mass is 9.91. The average Bonchev–Trinajstić information content (AvgIpc) is 3.22. The summed E-state index contributed by atoms with van der Waals surface area (Å²) in [4.78, 5) is 9.33. The monoisotopic (exact) mass is 291 g/mol. The minimum atomic E-state index is 0.599. The van der Waals surface area contributed by atoms with Gasteiger partial charge in [0.05, 0.1) is 13.2 Å². The van der Waals surface area contributed by atoms with E-state index in [0.717, 1.165) is 31.7 Å². The number of aromatic nitrogens is 3. The van der Waals surface area contributed by atoms with Gasteiger partial charge in [-0.1, -0.05) is 0 Å². The second-order valence-corrected chi connectivity index (χ2v) is 6.80. The van der Waals surface area contributed by atoms with Gasteiger partial charge in [-0.15, -0.1) is 0 Å². The zero-order chi connectivity index (χ0) is 14.2. The van der Waals surface area contributed by atoms with Gasteiger partial charge in [-0.05, 0) is 32.2 Å². The summed E-state index contributed by atoms with van der Waals surface area (Å²) >= 11 is 0. The minimum Gasteiger partial charge on any atom is -0.380 e. The zero-order valence-electron chi connectivity index (χ0n) is 12.8. The summed E-state index contributed by atoms with van der Waals surface area (Å²) < 4.78 is 7.54. The smallest absolute Gasteiger partial charge is 0.137 e. The van der Waals surface area contributed by atoms with E-state index in [-0.39, 0.29) is 0 Å². The van der Waals surface area contributed by atoms with Crippen LogP contribution in [0, 0.1) is 5.92 Å². The van der Waals surface area contributed by atoms with E-state index in [1.807, 2.05) is 11.0 Å². The van der Waals surface area contributed by atoms with Crippen molar-refractivity contribution >= 4 is 0 Å². The Morgan fingerprint density at radius 2 is 2.29 bits per heavy atom. The van der Waals surface area contributed by atoms with Gasteiger partial charge in [0.25, 0.3) is 0 Å². The second-order valence-electron chi connectivity index (χ2n) is 6.80. The third-order valence-electron chi connectivity index (χ3n) is 5.69. The van der Waals surface area contributed by atoms with Crippen LogP contribution >= 0.6 is 0 Å². The SMILES string of the molecule is CN1[C@@H](Cn2cncn2)C[C@H]2CN(C3CCOC3)CC[C@H]21. The van der Waals surface area contributed by atoms with E-state index in [0.29, 0.717) is 12.1 Å². The Morgan fingerprint density at radius 1 is 1.33 bits per heavy atom. The first kappa shape index (κ1) is 13.7. The van der Waals surface area contributed by atoms with Crippen molar-refractivity contribution < 1.29 is 4.74 Å². The normalized spacial score (nSPS) is 38.0. The molecule has 4 heterocycles. The predicted molar refractivity (Wildman–Crippen MR) is 78.9 cm³/mol. The van der Waals surface area contributed by atoms with Gasteiger partial charge in [0, 0.05) is 37.8 Å². The summed E-state index contributed by atoms with van der Waals surface area (Å²) in [5.41, 5.74) is 0. The summed E-state index contributed by atoms with van der Waals surface area (Å²) in [7, 11) is 2.29. The summed E-state index contributed by atoms with van der Waals surface area (Å²) in [5, 5.41) is 4.26. The van der Waals surface area contributed by atoms with Gasteiger partial charge in [-0.3, -0.25) is 14.5 Å². The highest BCUT2D eigenvalue weighted by Gasteiger charge is 2.43. The molecule has 1 unspecified atom stereocenters. The molecule has 0 bridgehead atoms. The van der Waals surface area contributed by atoms with Crippen LogP contribution in [0.5, 0.6) is 0 Å². The molecular weight excluding hydrogens is 266 g/mol. The summed E-state index contributed by atoms with van der Waals surface area (Å²) in [6.07, 6.45) is 7.26. The molecule has 0 N–H and O–H groups in total. The van der Waals surface area contributed by atoms with E-state index in [4.69, 9.17) is 4.74 Å². The molecule has 0 aliphatic carbocycles. The summed E-state index contributed by atoms with van der Waals surface area (Å²) in [5.74, 6) is 0.804. The number of ether oxygens (including phenoxy) is 1. The standard InChI is InChI=1S/C15H25N5O/c1-18-14(8-20-11-16-10-17-20)6-12-7-19(4-2-15(12)18)13-3-5-21-9-13/h10-15H,2-9H2,1H3/t12-,13?,14+,15+/m0/s1. The van der Waals surface area contributed by atoms with Crippen LogP contribution in [0.4, 0.5) is 0 Å². The van der Waals surface area contributed by atoms with Crippen LogP contribution in [-0.4, -0.2) is 76.0 Å². The van der Waals surface area contributed by atoms with Crippen LogP contribution in [0.15, 0.2) is 12.7 Å². The fourth-order valence-corrected chi connectivity index (χ4v) is 4.49. The molecule has 6 heteroatoms. The topological polar surface area (TPSA) is 46.4 Å². The third kappa shape index (κ3) is 2.60. The first-order valence-electron chi connectivity index (χ1n) is 8.17. The van der Waals surface area contributed by atoms with E-state index < -0.39 is 0 Å². The third-order valence-corrected chi connectivity index (χ3v) is 5.69. The summed E-state index contributed by atoms with van der Waals surface area (Å²) in [6, 6.07) is 2.02. The zero-order valence-corrected chi connectivity index (χ0v) is 12.8. The lowest BCUT2D eigenvalue weighted by Crippen LogP contribution is -2.49. The number of fused-ring (bicyclic) bond motifs is 1. The summed E-state index contributed by atoms with van der Waals surface area (Å²) in [6.45, 7) is 5.34. The highest BCUT2D eigenvalue weighted by molar-refractivity contribution is 4.97. The van der Waals surface area contributed by atoms with Gasteiger partial charge < -0.3 is 4.74 Å². The van der Waals surface area contributed by atoms with E-state index in [1.54, 1.807) is 6.33 Å². The maximum Gasteiger partial charge on any atom is 0.137 e. The molecule has 0 amide bonds. The van der Waals surface area contributed by atoms with Crippen LogP contribution in [0.3, 0.4) is 0 Å². The number of nitrogens with zero attached hydrogens (tertiary/aromatic N) is 5. The minimum absolute atomic E-state index is 0.599. The van der Waals surface area contributed by atoms with Gasteiger partial charge >= 0.3 is 0 Å². The van der Waals surface area contributed by atoms with E-state index in [2.05, 4.69) is 26.9 Å². The second kappa shape index (κ2) is 5.66. The van der Waals surface area contributed by atoms with Gasteiger partial charge in [-0.25, -0.2) is 4.98 Å². The highest BCUT2D eigenvalue weighted by Crippen LogP contribution is 2.36. The lowest BCUT2D eigenvalue weighted by molar-refractivity contribution is 0.0741. The first-order chi connectivity index (χ1) is 10.3.